The maximum absolute atomic E-state index is 4.18. The van der Waals surface area contributed by atoms with Crippen LogP contribution in [-0.2, 0) is 17.1 Å². The van der Waals surface area contributed by atoms with E-state index >= 15 is 0 Å². The second-order valence-electron chi connectivity index (χ2n) is 3.95. The minimum atomic E-state index is 0. The van der Waals surface area contributed by atoms with Gasteiger partial charge in [0.05, 0.1) is 0 Å². The van der Waals surface area contributed by atoms with Crippen LogP contribution in [0.5, 0.6) is 0 Å². The summed E-state index contributed by atoms with van der Waals surface area (Å²) in [6, 6.07) is 6.41. The van der Waals surface area contributed by atoms with Gasteiger partial charge in [-0.25, -0.2) is 0 Å². The molecule has 3 heteroatoms. The number of rotatable bonds is 2. The summed E-state index contributed by atoms with van der Waals surface area (Å²) in [6.07, 6.45) is 4.65. The smallest absolute Gasteiger partial charge is 0.467 e. The van der Waals surface area contributed by atoms with Crippen LogP contribution in [-0.4, -0.2) is 9.97 Å². The zero-order valence-corrected chi connectivity index (χ0v) is 10.6. The Morgan fingerprint density at radius 2 is 2.06 bits per heavy atom. The van der Waals surface area contributed by atoms with Gasteiger partial charge in [0.15, 0.2) is 0 Å². The summed E-state index contributed by atoms with van der Waals surface area (Å²) in [4.78, 5) is 7.06. The molecule has 0 aliphatic heterocycles. The van der Waals surface area contributed by atoms with Crippen LogP contribution in [0.1, 0.15) is 35.2 Å². The quantitative estimate of drug-likeness (QED) is 0.654. The number of H-pyrrole nitrogens is 1. The number of aromatic nitrogens is 2. The predicted molar refractivity (Wildman–Crippen MR) is 60.9 cm³/mol. The molecular formula is C13H15CuN2. The van der Waals surface area contributed by atoms with Crippen LogP contribution in [0.15, 0.2) is 24.4 Å². The molecule has 1 unspecified atom stereocenters. The van der Waals surface area contributed by atoms with E-state index in [0.29, 0.717) is 5.92 Å². The fourth-order valence-electron chi connectivity index (χ4n) is 1.86. The molecule has 1 heterocycles. The van der Waals surface area contributed by atoms with Crippen molar-refractivity contribution in [3.05, 3.63) is 53.1 Å². The van der Waals surface area contributed by atoms with Gasteiger partial charge < -0.3 is 9.97 Å². The van der Waals surface area contributed by atoms with Gasteiger partial charge in [-0.05, 0) is 42.8 Å². The van der Waals surface area contributed by atoms with Crippen LogP contribution in [0.4, 0.5) is 0 Å². The van der Waals surface area contributed by atoms with Crippen molar-refractivity contribution in [1.82, 2.24) is 9.97 Å². The molecule has 2 aromatic rings. The van der Waals surface area contributed by atoms with Crippen molar-refractivity contribution in [2.24, 2.45) is 0 Å². The molecule has 2 rings (SSSR count). The number of aryl methyl sites for hydroxylation is 1. The average Bonchev–Trinajstić information content (AvgIpc) is 2.74. The van der Waals surface area contributed by atoms with Gasteiger partial charge in [0, 0.05) is 0 Å². The molecule has 88 valence electrons. The first-order valence-corrected chi connectivity index (χ1v) is 5.17. The molecule has 0 aliphatic carbocycles. The summed E-state index contributed by atoms with van der Waals surface area (Å²) in [5, 5.41) is 0. The van der Waals surface area contributed by atoms with Crippen molar-refractivity contribution in [1.29, 1.82) is 0 Å². The summed E-state index contributed by atoms with van der Waals surface area (Å²) in [5.74, 6) is 0.326. The van der Waals surface area contributed by atoms with Gasteiger partial charge in [-0.1, -0.05) is 30.8 Å². The van der Waals surface area contributed by atoms with E-state index in [1.165, 1.54) is 16.7 Å². The second kappa shape index (κ2) is 5.33. The second-order valence-corrected chi connectivity index (χ2v) is 3.95. The molecule has 0 spiro atoms. The number of hydrogen-bond acceptors (Lipinski definition) is 1. The third-order valence-corrected chi connectivity index (χ3v) is 3.03. The molecule has 0 bridgehead atoms. The van der Waals surface area contributed by atoms with Gasteiger partial charge in [0.1, 0.15) is 0 Å². The molecule has 0 amide bonds. The molecule has 0 aliphatic rings. The van der Waals surface area contributed by atoms with Crippen LogP contribution in [0.2, 0.25) is 0 Å². The Hall–Kier alpha value is -1.05. The largest absolute Gasteiger partial charge is 1.00 e. The monoisotopic (exact) mass is 262 g/mol. The standard InChI is InChI=1S/C13H15N2.Cu/c1-9-5-4-6-12(10(9)2)11(3)13-7-14-8-15-13;/h4-7,11H,1-3H3,(H,14,15);/q-1;+1. The van der Waals surface area contributed by atoms with Gasteiger partial charge in [0.25, 0.3) is 0 Å². The summed E-state index contributed by atoms with van der Waals surface area (Å²) >= 11 is 0. The average molecular weight is 263 g/mol. The molecule has 1 aromatic carbocycles. The van der Waals surface area contributed by atoms with Gasteiger partial charge >= 0.3 is 17.1 Å². The molecule has 0 fully saturated rings. The minimum Gasteiger partial charge on any atom is -0.467 e. The van der Waals surface area contributed by atoms with Crippen molar-refractivity contribution >= 4 is 0 Å². The van der Waals surface area contributed by atoms with Crippen molar-refractivity contribution in [3.8, 4) is 0 Å². The first-order chi connectivity index (χ1) is 7.20. The van der Waals surface area contributed by atoms with Crippen molar-refractivity contribution < 1.29 is 17.1 Å². The van der Waals surface area contributed by atoms with E-state index in [2.05, 4.69) is 55.3 Å². The van der Waals surface area contributed by atoms with Crippen molar-refractivity contribution in [3.63, 3.8) is 0 Å². The van der Waals surface area contributed by atoms with E-state index in [9.17, 15) is 0 Å². The van der Waals surface area contributed by atoms with Crippen LogP contribution < -0.4 is 0 Å². The Labute approximate surface area is 107 Å². The molecule has 1 N–H and O–H groups in total. The SMILES string of the molecule is Cc1cccc(C(C)c2c[nH][c-]n2)c1C.[Cu+]. The maximum Gasteiger partial charge on any atom is 1.00 e. The third kappa shape index (κ3) is 2.37. The van der Waals surface area contributed by atoms with Crippen LogP contribution in [0.25, 0.3) is 0 Å². The Balaban J connectivity index is 0.00000128. The summed E-state index contributed by atoms with van der Waals surface area (Å²) < 4.78 is 0. The van der Waals surface area contributed by atoms with E-state index in [0.717, 1.165) is 5.69 Å². The summed E-state index contributed by atoms with van der Waals surface area (Å²) in [7, 11) is 0. The first-order valence-electron chi connectivity index (χ1n) is 5.17. The summed E-state index contributed by atoms with van der Waals surface area (Å²) in [6.45, 7) is 6.48. The molecule has 1 aromatic heterocycles. The Morgan fingerprint density at radius 1 is 1.31 bits per heavy atom. The van der Waals surface area contributed by atoms with Gasteiger partial charge in [-0.15, -0.1) is 6.20 Å². The Bertz CT molecular complexity index is 449. The molecule has 0 saturated heterocycles. The minimum absolute atomic E-state index is 0. The topological polar surface area (TPSA) is 28.7 Å². The number of benzene rings is 1. The fourth-order valence-corrected chi connectivity index (χ4v) is 1.86. The predicted octanol–water partition coefficient (Wildman–Crippen LogP) is 2.98. The van der Waals surface area contributed by atoms with Crippen LogP contribution in [0, 0.1) is 20.2 Å². The number of nitrogens with zero attached hydrogens (tertiary/aromatic N) is 1. The zero-order chi connectivity index (χ0) is 10.8. The number of nitrogens with one attached hydrogen (secondary N) is 1. The molecule has 16 heavy (non-hydrogen) atoms. The van der Waals surface area contributed by atoms with Gasteiger partial charge in [-0.3, -0.25) is 0 Å². The van der Waals surface area contributed by atoms with E-state index in [1.54, 1.807) is 0 Å². The molecule has 0 saturated carbocycles. The molecule has 1 atom stereocenters. The normalized spacial score (nSPS) is 11.9. The van der Waals surface area contributed by atoms with Gasteiger partial charge in [-0.2, -0.15) is 0 Å². The fraction of sp³-hybridized carbons (Fsp3) is 0.308. The maximum atomic E-state index is 4.18. The number of imidazole rings is 1. The van der Waals surface area contributed by atoms with Gasteiger partial charge in [0.2, 0.25) is 0 Å². The van der Waals surface area contributed by atoms with Crippen molar-refractivity contribution in [2.75, 3.05) is 0 Å². The number of aromatic amines is 1. The van der Waals surface area contributed by atoms with E-state index in [1.807, 2.05) is 6.20 Å². The summed E-state index contributed by atoms with van der Waals surface area (Å²) in [5.41, 5.74) is 5.08. The van der Waals surface area contributed by atoms with Crippen molar-refractivity contribution in [2.45, 2.75) is 26.7 Å². The first kappa shape index (κ1) is 13.0. The van der Waals surface area contributed by atoms with Crippen LogP contribution >= 0.6 is 0 Å². The third-order valence-electron chi connectivity index (χ3n) is 3.03. The van der Waals surface area contributed by atoms with Crippen LogP contribution in [0.3, 0.4) is 0 Å². The zero-order valence-electron chi connectivity index (χ0n) is 9.64. The number of hydrogen-bond donors (Lipinski definition) is 1. The van der Waals surface area contributed by atoms with E-state index in [4.69, 9.17) is 0 Å². The Kier molecular flexibility index (Phi) is 4.34. The van der Waals surface area contributed by atoms with E-state index < -0.39 is 0 Å². The molecular weight excluding hydrogens is 248 g/mol. The molecule has 2 nitrogen and oxygen atoms in total. The Morgan fingerprint density at radius 3 is 2.69 bits per heavy atom. The van der Waals surface area contributed by atoms with E-state index in [-0.39, 0.29) is 17.1 Å². The molecule has 0 radical (unpaired) electrons.